The topological polar surface area (TPSA) is 58.1 Å². The molecule has 2 aromatic rings. The number of carbonyl (C=O) groups is 1. The number of nitrogens with zero attached hydrogens (tertiary/aromatic N) is 3. The molecule has 1 N–H and O–H groups in total. The molecule has 2 heterocycles. The number of anilines is 1. The largest absolute Gasteiger partial charge is 0.322 e. The average molecular weight is 298 g/mol. The van der Waals surface area contributed by atoms with Crippen LogP contribution < -0.4 is 5.32 Å². The molecule has 1 aliphatic rings. The van der Waals surface area contributed by atoms with Gasteiger partial charge in [0.05, 0.1) is 22.4 Å². The molecule has 1 unspecified atom stereocenters. The van der Waals surface area contributed by atoms with Crippen LogP contribution in [-0.2, 0) is 0 Å². The molecular weight excluding hydrogens is 276 g/mol. The molecule has 0 radical (unpaired) electrons. The Morgan fingerprint density at radius 3 is 2.64 bits per heavy atom. The normalized spacial score (nSPS) is 18.5. The van der Waals surface area contributed by atoms with E-state index in [1.165, 1.54) is 6.42 Å². The predicted molar refractivity (Wildman–Crippen MR) is 88.0 cm³/mol. The zero-order valence-corrected chi connectivity index (χ0v) is 13.4. The summed E-state index contributed by atoms with van der Waals surface area (Å²) >= 11 is 0. The van der Waals surface area contributed by atoms with Crippen LogP contribution in [0.1, 0.15) is 37.6 Å². The van der Waals surface area contributed by atoms with Gasteiger partial charge in [-0.15, -0.1) is 0 Å². The number of carbonyl (C=O) groups excluding carboxylic acids is 1. The van der Waals surface area contributed by atoms with Crippen molar-refractivity contribution in [2.45, 2.75) is 46.1 Å². The minimum atomic E-state index is -0.0247. The van der Waals surface area contributed by atoms with Gasteiger partial charge in [-0.2, -0.15) is 0 Å². The van der Waals surface area contributed by atoms with Gasteiger partial charge in [-0.25, -0.2) is 14.8 Å². The SMILES string of the molecule is Cc1nc2ccc(NC(=O)N3CCCCC3C)cc2nc1C. The van der Waals surface area contributed by atoms with Crippen LogP contribution in [-0.4, -0.2) is 33.5 Å². The van der Waals surface area contributed by atoms with Crippen LogP contribution in [0.2, 0.25) is 0 Å². The highest BCUT2D eigenvalue weighted by Crippen LogP contribution is 2.20. The van der Waals surface area contributed by atoms with E-state index in [9.17, 15) is 4.79 Å². The van der Waals surface area contributed by atoms with Crippen LogP contribution in [0, 0.1) is 13.8 Å². The predicted octanol–water partition coefficient (Wildman–Crippen LogP) is 3.65. The lowest BCUT2D eigenvalue weighted by molar-refractivity contribution is 0.170. The molecule has 0 bridgehead atoms. The summed E-state index contributed by atoms with van der Waals surface area (Å²) in [5, 5.41) is 2.99. The number of fused-ring (bicyclic) bond motifs is 1. The molecule has 1 aromatic heterocycles. The van der Waals surface area contributed by atoms with Crippen molar-refractivity contribution in [1.82, 2.24) is 14.9 Å². The molecule has 22 heavy (non-hydrogen) atoms. The van der Waals surface area contributed by atoms with E-state index in [1.807, 2.05) is 36.9 Å². The average Bonchev–Trinajstić information content (AvgIpc) is 2.49. The van der Waals surface area contributed by atoms with Crippen LogP contribution in [0.15, 0.2) is 18.2 Å². The molecule has 0 aliphatic carbocycles. The highest BCUT2D eigenvalue weighted by atomic mass is 16.2. The highest BCUT2D eigenvalue weighted by Gasteiger charge is 2.23. The summed E-state index contributed by atoms with van der Waals surface area (Å²) in [6, 6.07) is 5.96. The molecule has 2 amide bonds. The molecule has 5 heteroatoms. The molecule has 1 saturated heterocycles. The number of hydrogen-bond donors (Lipinski definition) is 1. The number of benzene rings is 1. The van der Waals surface area contributed by atoms with Crippen molar-refractivity contribution in [3.8, 4) is 0 Å². The van der Waals surface area contributed by atoms with E-state index in [2.05, 4.69) is 22.2 Å². The fourth-order valence-electron chi connectivity index (χ4n) is 2.90. The summed E-state index contributed by atoms with van der Waals surface area (Å²) in [6.45, 7) is 6.84. The van der Waals surface area contributed by atoms with E-state index >= 15 is 0 Å². The van der Waals surface area contributed by atoms with Crippen molar-refractivity contribution in [1.29, 1.82) is 0 Å². The van der Waals surface area contributed by atoms with Crippen LogP contribution in [0.5, 0.6) is 0 Å². The number of urea groups is 1. The Kier molecular flexibility index (Phi) is 3.96. The van der Waals surface area contributed by atoms with Crippen LogP contribution in [0.3, 0.4) is 0 Å². The van der Waals surface area contributed by atoms with Gasteiger partial charge in [0.15, 0.2) is 0 Å². The third-order valence-electron chi connectivity index (χ3n) is 4.39. The number of amides is 2. The maximum atomic E-state index is 12.4. The standard InChI is InChI=1S/C17H22N4O/c1-11-6-4-5-9-21(11)17(22)20-14-7-8-15-16(10-14)19-13(3)12(2)18-15/h7-8,10-11H,4-6,9H2,1-3H3,(H,20,22). The first kappa shape index (κ1) is 14.8. The van der Waals surface area contributed by atoms with Crippen molar-refractivity contribution in [3.05, 3.63) is 29.6 Å². The second-order valence-electron chi connectivity index (χ2n) is 6.07. The number of rotatable bonds is 1. The summed E-state index contributed by atoms with van der Waals surface area (Å²) < 4.78 is 0. The lowest BCUT2D eigenvalue weighted by atomic mass is 10.0. The van der Waals surface area contributed by atoms with E-state index in [0.29, 0.717) is 6.04 Å². The maximum Gasteiger partial charge on any atom is 0.322 e. The minimum Gasteiger partial charge on any atom is -0.322 e. The number of piperidine rings is 1. The quantitative estimate of drug-likeness (QED) is 0.874. The first-order valence-corrected chi connectivity index (χ1v) is 7.87. The number of aromatic nitrogens is 2. The van der Waals surface area contributed by atoms with Gasteiger partial charge in [0, 0.05) is 18.3 Å². The van der Waals surface area contributed by atoms with Crippen molar-refractivity contribution in [3.63, 3.8) is 0 Å². The summed E-state index contributed by atoms with van der Waals surface area (Å²) in [6.07, 6.45) is 3.36. The highest BCUT2D eigenvalue weighted by molar-refractivity contribution is 5.92. The second kappa shape index (κ2) is 5.91. The summed E-state index contributed by atoms with van der Waals surface area (Å²) in [7, 11) is 0. The van der Waals surface area contributed by atoms with Gasteiger partial charge in [0.1, 0.15) is 0 Å². The summed E-state index contributed by atoms with van der Waals surface area (Å²) in [5.41, 5.74) is 4.29. The summed E-state index contributed by atoms with van der Waals surface area (Å²) in [5.74, 6) is 0. The fourth-order valence-corrected chi connectivity index (χ4v) is 2.90. The van der Waals surface area contributed by atoms with Crippen LogP contribution in [0.25, 0.3) is 11.0 Å². The monoisotopic (exact) mass is 298 g/mol. The molecule has 5 nitrogen and oxygen atoms in total. The van der Waals surface area contributed by atoms with Crippen LogP contribution in [0.4, 0.5) is 10.5 Å². The Balaban J connectivity index is 1.81. The molecule has 0 saturated carbocycles. The fraction of sp³-hybridized carbons (Fsp3) is 0.471. The van der Waals surface area contributed by atoms with Crippen LogP contribution >= 0.6 is 0 Å². The van der Waals surface area contributed by atoms with E-state index in [1.54, 1.807) is 0 Å². The molecular formula is C17H22N4O. The van der Waals surface area contributed by atoms with Crippen molar-refractivity contribution in [2.75, 3.05) is 11.9 Å². The lowest BCUT2D eigenvalue weighted by Gasteiger charge is -2.33. The molecule has 1 fully saturated rings. The van der Waals surface area contributed by atoms with Gasteiger partial charge < -0.3 is 10.2 Å². The van der Waals surface area contributed by atoms with Crippen molar-refractivity contribution < 1.29 is 4.79 Å². The van der Waals surface area contributed by atoms with E-state index in [4.69, 9.17) is 0 Å². The Labute approximate surface area is 130 Å². The molecule has 3 rings (SSSR count). The van der Waals surface area contributed by atoms with Crippen molar-refractivity contribution >= 4 is 22.8 Å². The van der Waals surface area contributed by atoms with E-state index in [0.717, 1.165) is 47.5 Å². The maximum absolute atomic E-state index is 12.4. The molecule has 1 atom stereocenters. The third kappa shape index (κ3) is 2.89. The Morgan fingerprint density at radius 1 is 1.18 bits per heavy atom. The first-order valence-electron chi connectivity index (χ1n) is 7.87. The van der Waals surface area contributed by atoms with Crippen molar-refractivity contribution in [2.24, 2.45) is 0 Å². The van der Waals surface area contributed by atoms with E-state index < -0.39 is 0 Å². The Hall–Kier alpha value is -2.17. The Morgan fingerprint density at radius 2 is 1.91 bits per heavy atom. The number of nitrogens with one attached hydrogen (secondary N) is 1. The molecule has 116 valence electrons. The zero-order valence-electron chi connectivity index (χ0n) is 13.4. The van der Waals surface area contributed by atoms with Gasteiger partial charge in [-0.1, -0.05) is 0 Å². The smallest absolute Gasteiger partial charge is 0.322 e. The minimum absolute atomic E-state index is 0.0247. The van der Waals surface area contributed by atoms with Gasteiger partial charge in [0.25, 0.3) is 0 Å². The van der Waals surface area contributed by atoms with Gasteiger partial charge in [0.2, 0.25) is 0 Å². The first-order chi connectivity index (χ1) is 10.5. The third-order valence-corrected chi connectivity index (χ3v) is 4.39. The molecule has 1 aliphatic heterocycles. The van der Waals surface area contributed by atoms with Gasteiger partial charge in [-0.05, 0) is 58.2 Å². The number of hydrogen-bond acceptors (Lipinski definition) is 3. The summed E-state index contributed by atoms with van der Waals surface area (Å²) in [4.78, 5) is 23.4. The lowest BCUT2D eigenvalue weighted by Crippen LogP contribution is -2.44. The zero-order chi connectivity index (χ0) is 15.7. The Bertz CT molecular complexity index is 713. The molecule has 1 aromatic carbocycles. The van der Waals surface area contributed by atoms with Gasteiger partial charge >= 0.3 is 6.03 Å². The van der Waals surface area contributed by atoms with E-state index in [-0.39, 0.29) is 6.03 Å². The second-order valence-corrected chi connectivity index (χ2v) is 6.07. The number of aryl methyl sites for hydroxylation is 2. The number of likely N-dealkylation sites (tertiary alicyclic amines) is 1. The molecule has 0 spiro atoms. The van der Waals surface area contributed by atoms with Gasteiger partial charge in [-0.3, -0.25) is 0 Å².